The van der Waals surface area contributed by atoms with Crippen LogP contribution in [0.4, 0.5) is 0 Å². The van der Waals surface area contributed by atoms with Crippen molar-refractivity contribution in [2.45, 2.75) is 51.6 Å². The fourth-order valence-electron chi connectivity index (χ4n) is 2.31. The van der Waals surface area contributed by atoms with Crippen LogP contribution in [0.3, 0.4) is 0 Å². The first-order valence-corrected chi connectivity index (χ1v) is 7.29. The van der Waals surface area contributed by atoms with E-state index in [4.69, 9.17) is 0 Å². The number of hydrogen-bond donors (Lipinski definition) is 1. The summed E-state index contributed by atoms with van der Waals surface area (Å²) in [5.74, 6) is 0. The number of likely N-dealkylation sites (N-methyl/N-ethyl adjacent to an activating group) is 1. The van der Waals surface area contributed by atoms with Crippen LogP contribution in [-0.4, -0.2) is 62.2 Å². The molecule has 1 N–H and O–H groups in total. The van der Waals surface area contributed by atoms with Gasteiger partial charge in [0.2, 0.25) is 0 Å². The lowest BCUT2D eigenvalue weighted by molar-refractivity contribution is 0.186. The van der Waals surface area contributed by atoms with E-state index in [9.17, 15) is 0 Å². The summed E-state index contributed by atoms with van der Waals surface area (Å²) in [7, 11) is 4.31. The monoisotopic (exact) mass is 241 g/mol. The maximum absolute atomic E-state index is 3.67. The van der Waals surface area contributed by atoms with E-state index in [0.29, 0.717) is 0 Å². The molecule has 0 bridgehead atoms. The highest BCUT2D eigenvalue weighted by Gasteiger charge is 2.23. The van der Waals surface area contributed by atoms with Gasteiger partial charge in [-0.25, -0.2) is 0 Å². The van der Waals surface area contributed by atoms with Gasteiger partial charge in [-0.3, -0.25) is 4.90 Å². The Labute approximate surface area is 108 Å². The van der Waals surface area contributed by atoms with Gasteiger partial charge in [-0.05, 0) is 59.4 Å². The van der Waals surface area contributed by atoms with Crippen molar-refractivity contribution < 1.29 is 0 Å². The second-order valence-corrected chi connectivity index (χ2v) is 5.53. The Morgan fingerprint density at radius 3 is 2.35 bits per heavy atom. The molecule has 102 valence electrons. The average molecular weight is 241 g/mol. The third kappa shape index (κ3) is 6.39. The molecule has 0 amide bonds. The topological polar surface area (TPSA) is 18.5 Å². The molecule has 0 spiro atoms. The minimum atomic E-state index is 0.725. The van der Waals surface area contributed by atoms with E-state index in [2.05, 4.69) is 43.1 Å². The van der Waals surface area contributed by atoms with Gasteiger partial charge in [0.1, 0.15) is 0 Å². The van der Waals surface area contributed by atoms with Crippen LogP contribution in [-0.2, 0) is 0 Å². The molecule has 1 rings (SSSR count). The van der Waals surface area contributed by atoms with Gasteiger partial charge in [-0.15, -0.1) is 0 Å². The lowest BCUT2D eigenvalue weighted by Gasteiger charge is -2.30. The fourth-order valence-corrected chi connectivity index (χ4v) is 2.31. The Morgan fingerprint density at radius 1 is 1.18 bits per heavy atom. The molecule has 0 radical (unpaired) electrons. The summed E-state index contributed by atoms with van der Waals surface area (Å²) in [6.45, 7) is 9.39. The average Bonchev–Trinajstić information content (AvgIpc) is 3.10. The molecule has 17 heavy (non-hydrogen) atoms. The first-order chi connectivity index (χ1) is 8.17. The van der Waals surface area contributed by atoms with Crippen LogP contribution in [0.15, 0.2) is 0 Å². The highest BCUT2D eigenvalue weighted by Crippen LogP contribution is 2.19. The van der Waals surface area contributed by atoms with Crippen LogP contribution in [0.5, 0.6) is 0 Å². The van der Waals surface area contributed by atoms with E-state index in [1.807, 2.05) is 0 Å². The number of nitrogens with zero attached hydrogens (tertiary/aromatic N) is 2. The van der Waals surface area contributed by atoms with Crippen molar-refractivity contribution in [3.8, 4) is 0 Å². The molecule has 0 saturated heterocycles. The van der Waals surface area contributed by atoms with Crippen molar-refractivity contribution in [1.82, 2.24) is 15.1 Å². The molecule has 1 aliphatic rings. The number of rotatable bonds is 10. The van der Waals surface area contributed by atoms with Crippen LogP contribution in [0.2, 0.25) is 0 Å². The maximum atomic E-state index is 3.67. The van der Waals surface area contributed by atoms with E-state index in [0.717, 1.165) is 12.1 Å². The molecule has 1 saturated carbocycles. The van der Waals surface area contributed by atoms with E-state index >= 15 is 0 Å². The van der Waals surface area contributed by atoms with Crippen molar-refractivity contribution in [3.05, 3.63) is 0 Å². The zero-order valence-electron chi connectivity index (χ0n) is 12.2. The lowest BCUT2D eigenvalue weighted by atomic mass is 10.1. The predicted octanol–water partition coefficient (Wildman–Crippen LogP) is 1.79. The third-order valence-corrected chi connectivity index (χ3v) is 3.66. The predicted molar refractivity (Wildman–Crippen MR) is 75.5 cm³/mol. The fraction of sp³-hybridized carbons (Fsp3) is 1.00. The van der Waals surface area contributed by atoms with E-state index in [1.165, 1.54) is 51.9 Å². The van der Waals surface area contributed by atoms with E-state index in [-0.39, 0.29) is 0 Å². The SMILES string of the molecule is CCC(CNC1CC1)N(CC)CCCN(C)C. The summed E-state index contributed by atoms with van der Waals surface area (Å²) in [6, 6.07) is 1.56. The minimum Gasteiger partial charge on any atom is -0.312 e. The Morgan fingerprint density at radius 2 is 1.88 bits per heavy atom. The maximum Gasteiger partial charge on any atom is 0.0218 e. The molecule has 0 aromatic heterocycles. The third-order valence-electron chi connectivity index (χ3n) is 3.66. The van der Waals surface area contributed by atoms with Crippen LogP contribution in [0.25, 0.3) is 0 Å². The molecule has 1 unspecified atom stereocenters. The van der Waals surface area contributed by atoms with Crippen LogP contribution >= 0.6 is 0 Å². The molecule has 0 aliphatic heterocycles. The van der Waals surface area contributed by atoms with Crippen LogP contribution in [0.1, 0.15) is 39.5 Å². The summed E-state index contributed by atoms with van der Waals surface area (Å²) in [4.78, 5) is 4.91. The summed E-state index contributed by atoms with van der Waals surface area (Å²) in [5.41, 5.74) is 0. The Kier molecular flexibility index (Phi) is 7.09. The summed E-state index contributed by atoms with van der Waals surface area (Å²) in [6.07, 6.45) is 5.32. The molecule has 1 fully saturated rings. The molecule has 3 nitrogen and oxygen atoms in total. The molecule has 0 aromatic rings. The highest BCUT2D eigenvalue weighted by atomic mass is 15.2. The molecule has 1 atom stereocenters. The zero-order chi connectivity index (χ0) is 12.7. The van der Waals surface area contributed by atoms with Gasteiger partial charge in [0, 0.05) is 18.6 Å². The minimum absolute atomic E-state index is 0.725. The van der Waals surface area contributed by atoms with Crippen molar-refractivity contribution in [3.63, 3.8) is 0 Å². The van der Waals surface area contributed by atoms with Gasteiger partial charge in [0.15, 0.2) is 0 Å². The van der Waals surface area contributed by atoms with Crippen LogP contribution in [0, 0.1) is 0 Å². The van der Waals surface area contributed by atoms with Crippen molar-refractivity contribution in [2.24, 2.45) is 0 Å². The molecule has 1 aliphatic carbocycles. The Hall–Kier alpha value is -0.120. The van der Waals surface area contributed by atoms with Crippen molar-refractivity contribution >= 4 is 0 Å². The van der Waals surface area contributed by atoms with E-state index in [1.54, 1.807) is 0 Å². The first kappa shape index (κ1) is 14.9. The summed E-state index contributed by atoms with van der Waals surface area (Å²) >= 11 is 0. The van der Waals surface area contributed by atoms with Crippen molar-refractivity contribution in [1.29, 1.82) is 0 Å². The summed E-state index contributed by atoms with van der Waals surface area (Å²) < 4.78 is 0. The zero-order valence-corrected chi connectivity index (χ0v) is 12.2. The van der Waals surface area contributed by atoms with Gasteiger partial charge in [-0.1, -0.05) is 13.8 Å². The number of hydrogen-bond acceptors (Lipinski definition) is 3. The van der Waals surface area contributed by atoms with Gasteiger partial charge in [-0.2, -0.15) is 0 Å². The van der Waals surface area contributed by atoms with Gasteiger partial charge >= 0.3 is 0 Å². The second kappa shape index (κ2) is 8.06. The van der Waals surface area contributed by atoms with Gasteiger partial charge in [0.05, 0.1) is 0 Å². The molecule has 0 heterocycles. The molecular formula is C14H31N3. The number of nitrogens with one attached hydrogen (secondary N) is 1. The Bertz CT molecular complexity index is 190. The highest BCUT2D eigenvalue weighted by molar-refractivity contribution is 4.83. The second-order valence-electron chi connectivity index (χ2n) is 5.53. The summed E-state index contributed by atoms with van der Waals surface area (Å²) in [5, 5.41) is 3.67. The van der Waals surface area contributed by atoms with Gasteiger partial charge < -0.3 is 10.2 Å². The molecule has 0 aromatic carbocycles. The van der Waals surface area contributed by atoms with Gasteiger partial charge in [0.25, 0.3) is 0 Å². The van der Waals surface area contributed by atoms with E-state index < -0.39 is 0 Å². The molecule has 3 heteroatoms. The lowest BCUT2D eigenvalue weighted by Crippen LogP contribution is -2.43. The Balaban J connectivity index is 2.22. The normalized spacial score (nSPS) is 18.0. The smallest absolute Gasteiger partial charge is 0.0218 e. The van der Waals surface area contributed by atoms with Crippen LogP contribution < -0.4 is 5.32 Å². The van der Waals surface area contributed by atoms with Crippen molar-refractivity contribution in [2.75, 3.05) is 40.3 Å². The first-order valence-electron chi connectivity index (χ1n) is 7.29. The quantitative estimate of drug-likeness (QED) is 0.629. The largest absolute Gasteiger partial charge is 0.312 e. The standard InChI is InChI=1S/C14H31N3/c1-5-14(12-15-13-8-9-13)17(6-2)11-7-10-16(3)4/h13-15H,5-12H2,1-4H3. The molecular weight excluding hydrogens is 210 g/mol.